The third-order valence-corrected chi connectivity index (χ3v) is 6.05. The van der Waals surface area contributed by atoms with E-state index in [0.717, 1.165) is 24.0 Å². The zero-order chi connectivity index (χ0) is 23.8. The zero-order valence-corrected chi connectivity index (χ0v) is 19.4. The molecule has 2 aromatic carbocycles. The second kappa shape index (κ2) is 8.70. The fraction of sp³-hybridized carbons (Fsp3) is 0.269. The fourth-order valence-electron chi connectivity index (χ4n) is 4.03. The van der Waals surface area contributed by atoms with Crippen LogP contribution in [-0.2, 0) is 4.74 Å². The molecule has 34 heavy (non-hydrogen) atoms. The van der Waals surface area contributed by atoms with E-state index in [2.05, 4.69) is 4.98 Å². The fourth-order valence-corrected chi connectivity index (χ4v) is 4.03. The molecular weight excluding hydrogens is 430 g/mol. The van der Waals surface area contributed by atoms with Crippen molar-refractivity contribution >= 4 is 39.2 Å². The summed E-state index contributed by atoms with van der Waals surface area (Å²) in [6.07, 6.45) is 3.15. The first kappa shape index (κ1) is 21.8. The lowest BCUT2D eigenvalue weighted by Gasteiger charge is -2.12. The number of hydrogen-bond acceptors (Lipinski definition) is 6. The lowest BCUT2D eigenvalue weighted by atomic mass is 10.2. The molecule has 0 unspecified atom stereocenters. The molecule has 3 heterocycles. The Labute approximate surface area is 195 Å². The van der Waals surface area contributed by atoms with Crippen LogP contribution in [0.1, 0.15) is 50.0 Å². The van der Waals surface area contributed by atoms with Crippen LogP contribution in [0.3, 0.4) is 0 Å². The van der Waals surface area contributed by atoms with Crippen molar-refractivity contribution in [2.24, 2.45) is 0 Å². The van der Waals surface area contributed by atoms with Gasteiger partial charge in [-0.1, -0.05) is 26.0 Å². The Hall–Kier alpha value is -4.07. The van der Waals surface area contributed by atoms with E-state index in [1.54, 1.807) is 35.2 Å². The minimum atomic E-state index is -0.365. The van der Waals surface area contributed by atoms with Crippen molar-refractivity contribution in [1.82, 2.24) is 24.1 Å². The molecular formula is C26H25N5O3. The molecule has 0 aliphatic rings. The van der Waals surface area contributed by atoms with Gasteiger partial charge in [-0.05, 0) is 56.2 Å². The predicted octanol–water partition coefficient (Wildman–Crippen LogP) is 4.82. The first-order chi connectivity index (χ1) is 16.5. The summed E-state index contributed by atoms with van der Waals surface area (Å²) in [5, 5.41) is 0.433. The highest BCUT2D eigenvalue weighted by molar-refractivity contribution is 6.05. The molecule has 8 nitrogen and oxygen atoms in total. The van der Waals surface area contributed by atoms with Gasteiger partial charge in [-0.15, -0.1) is 0 Å². The Morgan fingerprint density at radius 1 is 1.00 bits per heavy atom. The van der Waals surface area contributed by atoms with Crippen LogP contribution in [-0.4, -0.2) is 36.7 Å². The van der Waals surface area contributed by atoms with Gasteiger partial charge in [0, 0.05) is 11.7 Å². The third-order valence-electron chi connectivity index (χ3n) is 6.05. The van der Waals surface area contributed by atoms with E-state index in [4.69, 9.17) is 14.7 Å². The second-order valence-electron chi connectivity index (χ2n) is 8.32. The van der Waals surface area contributed by atoms with Gasteiger partial charge in [0.15, 0.2) is 11.3 Å². The highest BCUT2D eigenvalue weighted by Gasteiger charge is 2.22. The SMILES string of the molecule is CCCOC(=O)c1ccc(-n2c3nc4ccccc4nc3c3c(=O)n([C@H](C)CC)cnc32)cc1. The number of carbonyl (C=O) groups is 1. The number of hydrogen-bond donors (Lipinski definition) is 0. The predicted molar refractivity (Wildman–Crippen MR) is 132 cm³/mol. The van der Waals surface area contributed by atoms with E-state index in [9.17, 15) is 9.59 Å². The maximum Gasteiger partial charge on any atom is 0.338 e. The largest absolute Gasteiger partial charge is 0.462 e. The Balaban J connectivity index is 1.78. The lowest BCUT2D eigenvalue weighted by Crippen LogP contribution is -2.23. The minimum Gasteiger partial charge on any atom is -0.462 e. The number of nitrogens with zero attached hydrogens (tertiary/aromatic N) is 5. The first-order valence-electron chi connectivity index (χ1n) is 11.5. The molecule has 0 spiro atoms. The van der Waals surface area contributed by atoms with Crippen molar-refractivity contribution in [3.63, 3.8) is 0 Å². The summed E-state index contributed by atoms with van der Waals surface area (Å²) in [4.78, 5) is 40.1. The molecule has 0 radical (unpaired) electrons. The normalized spacial score (nSPS) is 12.4. The lowest BCUT2D eigenvalue weighted by molar-refractivity contribution is 0.0505. The van der Waals surface area contributed by atoms with Crippen molar-refractivity contribution < 1.29 is 9.53 Å². The second-order valence-corrected chi connectivity index (χ2v) is 8.32. The maximum absolute atomic E-state index is 13.5. The molecule has 172 valence electrons. The number of ether oxygens (including phenoxy) is 1. The van der Waals surface area contributed by atoms with Crippen LogP contribution in [0, 0.1) is 0 Å². The molecule has 3 aromatic heterocycles. The topological polar surface area (TPSA) is 91.9 Å². The highest BCUT2D eigenvalue weighted by atomic mass is 16.5. The van der Waals surface area contributed by atoms with E-state index in [1.807, 2.05) is 49.6 Å². The van der Waals surface area contributed by atoms with E-state index >= 15 is 0 Å². The highest BCUT2D eigenvalue weighted by Crippen LogP contribution is 2.28. The number of carbonyl (C=O) groups excluding carboxylic acids is 1. The van der Waals surface area contributed by atoms with Crippen molar-refractivity contribution in [3.05, 3.63) is 70.8 Å². The molecule has 0 N–H and O–H groups in total. The van der Waals surface area contributed by atoms with E-state index in [1.165, 1.54) is 0 Å². The minimum absolute atomic E-state index is 0.00429. The van der Waals surface area contributed by atoms with Crippen LogP contribution in [0.25, 0.3) is 38.9 Å². The maximum atomic E-state index is 13.5. The van der Waals surface area contributed by atoms with Crippen LogP contribution in [0.2, 0.25) is 0 Å². The van der Waals surface area contributed by atoms with Crippen LogP contribution in [0.4, 0.5) is 0 Å². The average Bonchev–Trinajstić information content (AvgIpc) is 3.19. The molecule has 0 aliphatic carbocycles. The number of esters is 1. The molecule has 0 amide bonds. The van der Waals surface area contributed by atoms with Gasteiger partial charge in [-0.2, -0.15) is 0 Å². The van der Waals surface area contributed by atoms with Gasteiger partial charge in [-0.25, -0.2) is 19.7 Å². The van der Waals surface area contributed by atoms with Crippen molar-refractivity contribution in [3.8, 4) is 5.69 Å². The molecule has 0 bridgehead atoms. The number of para-hydroxylation sites is 2. The summed E-state index contributed by atoms with van der Waals surface area (Å²) >= 11 is 0. The smallest absolute Gasteiger partial charge is 0.338 e. The summed E-state index contributed by atoms with van der Waals surface area (Å²) in [5.41, 5.74) is 4.01. The molecule has 0 saturated carbocycles. The van der Waals surface area contributed by atoms with E-state index < -0.39 is 0 Å². The summed E-state index contributed by atoms with van der Waals surface area (Å²) in [6, 6.07) is 14.6. The van der Waals surface area contributed by atoms with Gasteiger partial charge in [0.1, 0.15) is 17.2 Å². The first-order valence-corrected chi connectivity index (χ1v) is 11.5. The standard InChI is InChI=1S/C26H25N5O3/c1-4-14-34-26(33)17-10-12-18(13-11-17)31-23-21(25(32)30(15-27-23)16(3)5-2)22-24(31)29-20-9-7-6-8-19(20)28-22/h6-13,15-16H,4-5,14H2,1-3H3/t16-/m1/s1. The third kappa shape index (κ3) is 3.51. The Bertz CT molecular complexity index is 1580. The van der Waals surface area contributed by atoms with E-state index in [-0.39, 0.29) is 17.6 Å². The van der Waals surface area contributed by atoms with Gasteiger partial charge >= 0.3 is 5.97 Å². The van der Waals surface area contributed by atoms with Crippen LogP contribution >= 0.6 is 0 Å². The van der Waals surface area contributed by atoms with Gasteiger partial charge in [0.05, 0.1) is 23.2 Å². The number of benzene rings is 2. The number of fused-ring (bicyclic) bond motifs is 4. The molecule has 0 fully saturated rings. The van der Waals surface area contributed by atoms with Crippen molar-refractivity contribution in [1.29, 1.82) is 0 Å². The average molecular weight is 456 g/mol. The van der Waals surface area contributed by atoms with Gasteiger partial charge in [-0.3, -0.25) is 13.9 Å². The van der Waals surface area contributed by atoms with Crippen molar-refractivity contribution in [2.75, 3.05) is 6.61 Å². The van der Waals surface area contributed by atoms with Crippen LogP contribution in [0.15, 0.2) is 59.7 Å². The summed E-state index contributed by atoms with van der Waals surface area (Å²) in [7, 11) is 0. The molecule has 8 heteroatoms. The monoisotopic (exact) mass is 455 g/mol. The quantitative estimate of drug-likeness (QED) is 0.341. The zero-order valence-electron chi connectivity index (χ0n) is 19.4. The summed E-state index contributed by atoms with van der Waals surface area (Å²) in [6.45, 7) is 6.35. The van der Waals surface area contributed by atoms with Gasteiger partial charge in [0.2, 0.25) is 0 Å². The van der Waals surface area contributed by atoms with Crippen LogP contribution in [0.5, 0.6) is 0 Å². The molecule has 0 saturated heterocycles. The van der Waals surface area contributed by atoms with Crippen molar-refractivity contribution in [2.45, 2.75) is 39.7 Å². The van der Waals surface area contributed by atoms with Gasteiger partial charge < -0.3 is 4.74 Å². The summed E-state index contributed by atoms with van der Waals surface area (Å²) < 4.78 is 8.71. The van der Waals surface area contributed by atoms with Gasteiger partial charge in [0.25, 0.3) is 5.56 Å². The number of aromatic nitrogens is 5. The van der Waals surface area contributed by atoms with Crippen LogP contribution < -0.4 is 5.56 Å². The summed E-state index contributed by atoms with van der Waals surface area (Å²) in [5.74, 6) is -0.365. The Morgan fingerprint density at radius 2 is 1.71 bits per heavy atom. The Kier molecular flexibility index (Phi) is 5.57. The molecule has 0 aliphatic heterocycles. The Morgan fingerprint density at radius 3 is 2.38 bits per heavy atom. The molecule has 1 atom stereocenters. The molecule has 5 aromatic rings. The number of rotatable bonds is 6. The molecule has 5 rings (SSSR count). The van der Waals surface area contributed by atoms with E-state index in [0.29, 0.717) is 39.9 Å².